The summed E-state index contributed by atoms with van der Waals surface area (Å²) in [6.45, 7) is 2.90. The van der Waals surface area contributed by atoms with E-state index in [0.29, 0.717) is 28.5 Å². The molecule has 2 bridgehead atoms. The van der Waals surface area contributed by atoms with Crippen molar-refractivity contribution in [2.24, 2.45) is 11.8 Å². The number of hydrogen-bond donors (Lipinski definition) is 2. The lowest BCUT2D eigenvalue weighted by Gasteiger charge is -2.23. The lowest BCUT2D eigenvalue weighted by molar-refractivity contribution is 0.0923. The van der Waals surface area contributed by atoms with E-state index in [2.05, 4.69) is 22.5 Å². The molecule has 2 aliphatic rings. The van der Waals surface area contributed by atoms with Crippen LogP contribution in [-0.2, 0) is 0 Å². The highest BCUT2D eigenvalue weighted by molar-refractivity contribution is 6.29. The van der Waals surface area contributed by atoms with Gasteiger partial charge in [0.15, 0.2) is 0 Å². The molecule has 21 heavy (non-hydrogen) atoms. The number of anilines is 1. The molecule has 0 radical (unpaired) electrons. The van der Waals surface area contributed by atoms with Crippen LogP contribution in [0.2, 0.25) is 5.15 Å². The Bertz CT molecular complexity index is 534. The molecule has 0 aromatic carbocycles. The first-order chi connectivity index (χ1) is 10.2. The van der Waals surface area contributed by atoms with Gasteiger partial charge in [0.25, 0.3) is 5.91 Å². The van der Waals surface area contributed by atoms with Crippen LogP contribution in [0.4, 0.5) is 5.82 Å². The van der Waals surface area contributed by atoms with Crippen LogP contribution in [0, 0.1) is 11.8 Å². The van der Waals surface area contributed by atoms with Gasteiger partial charge in [-0.2, -0.15) is 0 Å². The minimum Gasteiger partial charge on any atom is -0.370 e. The van der Waals surface area contributed by atoms with Crippen LogP contribution in [0.15, 0.2) is 12.1 Å². The summed E-state index contributed by atoms with van der Waals surface area (Å²) in [5.41, 5.74) is 0.594. The highest BCUT2D eigenvalue weighted by atomic mass is 35.5. The first-order valence-corrected chi connectivity index (χ1v) is 8.26. The normalized spacial score (nSPS) is 26.9. The third kappa shape index (κ3) is 3.31. The van der Waals surface area contributed by atoms with Gasteiger partial charge in [-0.1, -0.05) is 24.9 Å². The molecule has 1 amide bonds. The van der Waals surface area contributed by atoms with Crippen LogP contribution >= 0.6 is 11.6 Å². The van der Waals surface area contributed by atoms with Gasteiger partial charge in [-0.15, -0.1) is 0 Å². The number of aromatic nitrogens is 1. The molecule has 5 heteroatoms. The molecular weight excluding hydrogens is 286 g/mol. The van der Waals surface area contributed by atoms with Crippen molar-refractivity contribution in [1.29, 1.82) is 0 Å². The molecule has 0 spiro atoms. The van der Waals surface area contributed by atoms with Gasteiger partial charge >= 0.3 is 0 Å². The average molecular weight is 308 g/mol. The summed E-state index contributed by atoms with van der Waals surface area (Å²) in [7, 11) is 0. The van der Waals surface area contributed by atoms with E-state index in [1.165, 1.54) is 19.3 Å². The minimum atomic E-state index is -0.0311. The predicted octanol–water partition coefficient (Wildman–Crippen LogP) is 3.48. The van der Waals surface area contributed by atoms with E-state index < -0.39 is 0 Å². The lowest BCUT2D eigenvalue weighted by atomic mass is 9.95. The molecular formula is C16H22ClN3O. The van der Waals surface area contributed by atoms with Crippen LogP contribution in [0.5, 0.6) is 0 Å². The Kier molecular flexibility index (Phi) is 4.34. The van der Waals surface area contributed by atoms with E-state index in [0.717, 1.165) is 25.3 Å². The van der Waals surface area contributed by atoms with Crippen molar-refractivity contribution in [2.45, 2.75) is 45.1 Å². The van der Waals surface area contributed by atoms with Gasteiger partial charge in [0, 0.05) is 18.2 Å². The van der Waals surface area contributed by atoms with Crippen molar-refractivity contribution >= 4 is 23.3 Å². The van der Waals surface area contributed by atoms with Crippen molar-refractivity contribution in [3.05, 3.63) is 22.8 Å². The molecule has 2 aliphatic carbocycles. The van der Waals surface area contributed by atoms with Gasteiger partial charge in [0.1, 0.15) is 11.0 Å². The zero-order valence-corrected chi connectivity index (χ0v) is 13.1. The number of hydrogen-bond acceptors (Lipinski definition) is 3. The summed E-state index contributed by atoms with van der Waals surface area (Å²) < 4.78 is 0. The fourth-order valence-electron chi connectivity index (χ4n) is 3.64. The third-order valence-corrected chi connectivity index (χ3v) is 4.86. The van der Waals surface area contributed by atoms with E-state index in [1.807, 2.05) is 0 Å². The molecule has 114 valence electrons. The number of halogens is 1. The van der Waals surface area contributed by atoms with E-state index in [4.69, 9.17) is 11.6 Å². The van der Waals surface area contributed by atoms with Gasteiger partial charge in [-0.25, -0.2) is 4.98 Å². The molecule has 1 aromatic heterocycles. The van der Waals surface area contributed by atoms with E-state index in [1.54, 1.807) is 12.1 Å². The number of pyridine rings is 1. The van der Waals surface area contributed by atoms with Gasteiger partial charge < -0.3 is 10.6 Å². The summed E-state index contributed by atoms with van der Waals surface area (Å²) in [5.74, 6) is 2.14. The molecule has 2 N–H and O–H groups in total. The van der Waals surface area contributed by atoms with Crippen molar-refractivity contribution in [3.8, 4) is 0 Å². The Morgan fingerprint density at radius 2 is 2.24 bits per heavy atom. The van der Waals surface area contributed by atoms with Crippen molar-refractivity contribution in [3.63, 3.8) is 0 Å². The van der Waals surface area contributed by atoms with E-state index in [-0.39, 0.29) is 5.91 Å². The first kappa shape index (κ1) is 14.6. The maximum absolute atomic E-state index is 12.4. The fourth-order valence-corrected chi connectivity index (χ4v) is 3.85. The van der Waals surface area contributed by atoms with Gasteiger partial charge in [0.2, 0.25) is 0 Å². The second-order valence-corrected chi connectivity index (χ2v) is 6.63. The molecule has 3 rings (SSSR count). The van der Waals surface area contributed by atoms with Crippen LogP contribution in [0.1, 0.15) is 49.4 Å². The molecule has 2 fully saturated rings. The number of nitrogens with one attached hydrogen (secondary N) is 2. The monoisotopic (exact) mass is 307 g/mol. The number of nitrogens with zero attached hydrogens (tertiary/aromatic N) is 1. The topological polar surface area (TPSA) is 54.0 Å². The first-order valence-electron chi connectivity index (χ1n) is 7.88. The van der Waals surface area contributed by atoms with Crippen LogP contribution in [0.25, 0.3) is 0 Å². The number of rotatable bonds is 5. The summed E-state index contributed by atoms with van der Waals surface area (Å²) in [6, 6.07) is 3.76. The predicted molar refractivity (Wildman–Crippen MR) is 84.7 cm³/mol. The number of carbonyl (C=O) groups excluding carboxylic acids is 1. The summed E-state index contributed by atoms with van der Waals surface area (Å²) in [5, 5.41) is 6.72. The number of amides is 1. The average Bonchev–Trinajstić information content (AvgIpc) is 3.07. The standard InChI is InChI=1S/C16H22ClN3O/c1-2-5-18-15-9-12(8-14(17)20-15)16(21)19-13-7-10-3-4-11(13)6-10/h8-11,13H,2-7H2,1H3,(H,18,20)(H,19,21). The SMILES string of the molecule is CCCNc1cc(C(=O)NC2CC3CCC2C3)cc(Cl)n1. The molecule has 2 saturated carbocycles. The molecule has 1 heterocycles. The smallest absolute Gasteiger partial charge is 0.251 e. The molecule has 4 nitrogen and oxygen atoms in total. The highest BCUT2D eigenvalue weighted by Gasteiger charge is 2.40. The third-order valence-electron chi connectivity index (χ3n) is 4.67. The molecule has 0 aliphatic heterocycles. The van der Waals surface area contributed by atoms with E-state index >= 15 is 0 Å². The van der Waals surface area contributed by atoms with Crippen LogP contribution in [-0.4, -0.2) is 23.5 Å². The minimum absolute atomic E-state index is 0.0311. The van der Waals surface area contributed by atoms with E-state index in [9.17, 15) is 4.79 Å². The van der Waals surface area contributed by atoms with Crippen molar-refractivity contribution in [1.82, 2.24) is 10.3 Å². The van der Waals surface area contributed by atoms with Gasteiger partial charge in [-0.3, -0.25) is 4.79 Å². The number of fused-ring (bicyclic) bond motifs is 2. The Hall–Kier alpha value is -1.29. The zero-order valence-electron chi connectivity index (χ0n) is 12.4. The molecule has 0 saturated heterocycles. The van der Waals surface area contributed by atoms with Gasteiger partial charge in [0.05, 0.1) is 0 Å². The van der Waals surface area contributed by atoms with Crippen molar-refractivity contribution in [2.75, 3.05) is 11.9 Å². The summed E-state index contributed by atoms with van der Waals surface area (Å²) in [6.07, 6.45) is 6.02. The fraction of sp³-hybridized carbons (Fsp3) is 0.625. The van der Waals surface area contributed by atoms with Crippen molar-refractivity contribution < 1.29 is 4.79 Å². The summed E-state index contributed by atoms with van der Waals surface area (Å²) >= 11 is 6.02. The largest absolute Gasteiger partial charge is 0.370 e. The molecule has 1 aromatic rings. The summed E-state index contributed by atoms with van der Waals surface area (Å²) in [4.78, 5) is 16.6. The lowest BCUT2D eigenvalue weighted by Crippen LogP contribution is -2.38. The van der Waals surface area contributed by atoms with Gasteiger partial charge in [-0.05, 0) is 49.7 Å². The Morgan fingerprint density at radius 1 is 1.38 bits per heavy atom. The Labute approximate surface area is 130 Å². The maximum atomic E-state index is 12.4. The molecule has 3 unspecified atom stereocenters. The maximum Gasteiger partial charge on any atom is 0.251 e. The second kappa shape index (κ2) is 6.22. The Balaban J connectivity index is 1.67. The van der Waals surface area contributed by atoms with Crippen LogP contribution in [0.3, 0.4) is 0 Å². The quantitative estimate of drug-likeness (QED) is 0.819. The number of carbonyl (C=O) groups is 1. The Morgan fingerprint density at radius 3 is 2.90 bits per heavy atom. The second-order valence-electron chi connectivity index (χ2n) is 6.25. The molecule has 3 atom stereocenters. The van der Waals surface area contributed by atoms with Crippen LogP contribution < -0.4 is 10.6 Å². The zero-order chi connectivity index (χ0) is 14.8. The highest BCUT2D eigenvalue weighted by Crippen LogP contribution is 2.44.